The molecule has 5 heteroatoms. The van der Waals surface area contributed by atoms with Gasteiger partial charge in [-0.25, -0.2) is 4.98 Å². The third-order valence-corrected chi connectivity index (χ3v) is 9.69. The summed E-state index contributed by atoms with van der Waals surface area (Å²) >= 11 is 1.70. The Kier molecular flexibility index (Phi) is 4.57. The highest BCUT2D eigenvalue weighted by Crippen LogP contribution is 2.41. The van der Waals surface area contributed by atoms with Crippen molar-refractivity contribution in [3.05, 3.63) is 128 Å². The third-order valence-electron chi connectivity index (χ3n) is 8.65. The van der Waals surface area contributed by atoms with Crippen LogP contribution in [0.4, 0.5) is 0 Å². The van der Waals surface area contributed by atoms with Gasteiger partial charge in [-0.1, -0.05) is 78.9 Å². The SMILES string of the molecule is c1cc(-c2cnc3c(n2)sc2ccc4ccccc4c23)cc(-n2c3ccccc3c3c4oc5ccccc5c4ccc32)c1. The molecule has 0 fully saturated rings. The Morgan fingerprint density at radius 2 is 1.47 bits per heavy atom. The van der Waals surface area contributed by atoms with Gasteiger partial charge in [0.1, 0.15) is 21.5 Å². The first-order valence-corrected chi connectivity index (χ1v) is 15.1. The molecule has 0 unspecified atom stereocenters. The zero-order valence-corrected chi connectivity index (χ0v) is 23.6. The highest BCUT2D eigenvalue weighted by molar-refractivity contribution is 7.25. The van der Waals surface area contributed by atoms with Crippen LogP contribution in [0.2, 0.25) is 0 Å². The fourth-order valence-electron chi connectivity index (χ4n) is 6.76. The number of aromatic nitrogens is 3. The largest absolute Gasteiger partial charge is 0.455 e. The van der Waals surface area contributed by atoms with Crippen molar-refractivity contribution in [3.63, 3.8) is 0 Å². The molecule has 4 nitrogen and oxygen atoms in total. The highest BCUT2D eigenvalue weighted by atomic mass is 32.1. The van der Waals surface area contributed by atoms with Crippen LogP contribution in [-0.4, -0.2) is 14.5 Å². The molecule has 0 N–H and O–H groups in total. The van der Waals surface area contributed by atoms with Gasteiger partial charge in [0, 0.05) is 37.5 Å². The molecule has 0 aliphatic carbocycles. The molecule has 0 atom stereocenters. The number of para-hydroxylation sites is 2. The summed E-state index contributed by atoms with van der Waals surface area (Å²) in [6.07, 6.45) is 1.92. The molecule has 200 valence electrons. The summed E-state index contributed by atoms with van der Waals surface area (Å²) in [6, 6.07) is 42.7. The fraction of sp³-hybridized carbons (Fsp3) is 0. The van der Waals surface area contributed by atoms with E-state index in [9.17, 15) is 0 Å². The van der Waals surface area contributed by atoms with Crippen molar-refractivity contribution >= 4 is 86.3 Å². The number of rotatable bonds is 2. The molecule has 0 aliphatic heterocycles. The molecule has 4 heterocycles. The number of furan rings is 1. The molecule has 6 aromatic carbocycles. The van der Waals surface area contributed by atoms with Crippen molar-refractivity contribution in [1.82, 2.24) is 14.5 Å². The molecule has 4 aromatic heterocycles. The van der Waals surface area contributed by atoms with E-state index in [-0.39, 0.29) is 0 Å². The minimum atomic E-state index is 0.866. The molecular formula is C38H21N3OS. The number of nitrogens with zero attached hydrogens (tertiary/aromatic N) is 3. The van der Waals surface area contributed by atoms with Gasteiger partial charge in [-0.15, -0.1) is 11.3 Å². The van der Waals surface area contributed by atoms with Gasteiger partial charge in [0.05, 0.1) is 28.3 Å². The van der Waals surface area contributed by atoms with E-state index < -0.39 is 0 Å². The van der Waals surface area contributed by atoms with Gasteiger partial charge >= 0.3 is 0 Å². The minimum absolute atomic E-state index is 0.866. The van der Waals surface area contributed by atoms with Gasteiger partial charge in [-0.2, -0.15) is 0 Å². The monoisotopic (exact) mass is 567 g/mol. The van der Waals surface area contributed by atoms with Crippen LogP contribution in [0.3, 0.4) is 0 Å². The first-order chi connectivity index (χ1) is 21.3. The maximum atomic E-state index is 6.48. The summed E-state index contributed by atoms with van der Waals surface area (Å²) < 4.78 is 10.0. The van der Waals surface area contributed by atoms with Crippen LogP contribution in [0, 0.1) is 0 Å². The van der Waals surface area contributed by atoms with E-state index in [2.05, 4.69) is 114 Å². The Bertz CT molecular complexity index is 2750. The number of thiophene rings is 1. The zero-order chi connectivity index (χ0) is 28.1. The van der Waals surface area contributed by atoms with E-state index in [1.807, 2.05) is 18.3 Å². The van der Waals surface area contributed by atoms with Crippen molar-refractivity contribution in [2.75, 3.05) is 0 Å². The first kappa shape index (κ1) is 23.1. The lowest BCUT2D eigenvalue weighted by molar-refractivity contribution is 0.673. The summed E-state index contributed by atoms with van der Waals surface area (Å²) in [5.41, 5.74) is 8.03. The number of hydrogen-bond acceptors (Lipinski definition) is 4. The number of fused-ring (bicyclic) bond motifs is 12. The number of hydrogen-bond donors (Lipinski definition) is 0. The van der Waals surface area contributed by atoms with Gasteiger partial charge in [-0.05, 0) is 53.2 Å². The van der Waals surface area contributed by atoms with Crippen LogP contribution >= 0.6 is 11.3 Å². The molecule has 0 aliphatic rings. The normalized spacial score (nSPS) is 12.2. The smallest absolute Gasteiger partial charge is 0.145 e. The summed E-state index contributed by atoms with van der Waals surface area (Å²) in [5, 5.41) is 8.22. The van der Waals surface area contributed by atoms with Crippen LogP contribution in [0.15, 0.2) is 132 Å². The molecule has 0 saturated carbocycles. The van der Waals surface area contributed by atoms with Gasteiger partial charge in [0.15, 0.2) is 0 Å². The van der Waals surface area contributed by atoms with E-state index in [1.165, 1.54) is 26.2 Å². The second-order valence-corrected chi connectivity index (χ2v) is 12.0. The predicted octanol–water partition coefficient (Wildman–Crippen LogP) is 10.7. The van der Waals surface area contributed by atoms with E-state index in [0.29, 0.717) is 0 Å². The van der Waals surface area contributed by atoms with Crippen molar-refractivity contribution in [1.29, 1.82) is 0 Å². The van der Waals surface area contributed by atoms with Crippen molar-refractivity contribution in [2.45, 2.75) is 0 Å². The van der Waals surface area contributed by atoms with Crippen molar-refractivity contribution < 1.29 is 4.42 Å². The molecule has 10 aromatic rings. The molecule has 0 amide bonds. The maximum Gasteiger partial charge on any atom is 0.145 e. The van der Waals surface area contributed by atoms with Crippen molar-refractivity contribution in [2.24, 2.45) is 0 Å². The highest BCUT2D eigenvalue weighted by Gasteiger charge is 2.19. The van der Waals surface area contributed by atoms with Gasteiger partial charge < -0.3 is 8.98 Å². The second-order valence-electron chi connectivity index (χ2n) is 11.0. The first-order valence-electron chi connectivity index (χ1n) is 14.3. The summed E-state index contributed by atoms with van der Waals surface area (Å²) in [7, 11) is 0. The van der Waals surface area contributed by atoms with Gasteiger partial charge in [0.25, 0.3) is 0 Å². The Hall–Kier alpha value is -5.52. The summed E-state index contributed by atoms with van der Waals surface area (Å²) in [6.45, 7) is 0. The molecule has 0 saturated heterocycles. The standard InChI is InChI=1S/C38H21N3OS/c1-2-11-25-22(8-1)16-19-33-35(25)36-38(43-33)40-29(21-39-36)23-9-7-10-24(20-23)41-30-14-5-3-13-28(30)34-31(41)18-17-27-26-12-4-6-15-32(26)42-37(27)34/h1-21H. The average Bonchev–Trinajstić information content (AvgIpc) is 3.73. The quantitative estimate of drug-likeness (QED) is 0.209. The Morgan fingerprint density at radius 1 is 0.628 bits per heavy atom. The molecule has 10 rings (SSSR count). The Labute approximate surface area is 249 Å². The lowest BCUT2D eigenvalue weighted by atomic mass is 10.1. The molecule has 0 spiro atoms. The molecule has 0 bridgehead atoms. The fourth-order valence-corrected chi connectivity index (χ4v) is 7.80. The maximum absolute atomic E-state index is 6.48. The van der Waals surface area contributed by atoms with Gasteiger partial charge in [-0.3, -0.25) is 4.98 Å². The van der Waals surface area contributed by atoms with Crippen LogP contribution < -0.4 is 0 Å². The topological polar surface area (TPSA) is 43.9 Å². The Morgan fingerprint density at radius 3 is 2.42 bits per heavy atom. The van der Waals surface area contributed by atoms with Crippen LogP contribution in [-0.2, 0) is 0 Å². The third kappa shape index (κ3) is 3.20. The Balaban J connectivity index is 1.19. The summed E-state index contributed by atoms with van der Waals surface area (Å²) in [5.74, 6) is 0. The van der Waals surface area contributed by atoms with Crippen LogP contribution in [0.1, 0.15) is 0 Å². The molecule has 43 heavy (non-hydrogen) atoms. The van der Waals surface area contributed by atoms with E-state index in [4.69, 9.17) is 14.4 Å². The lowest BCUT2D eigenvalue weighted by Gasteiger charge is -2.10. The predicted molar refractivity (Wildman–Crippen MR) is 179 cm³/mol. The van der Waals surface area contributed by atoms with E-state index in [1.54, 1.807) is 11.3 Å². The zero-order valence-electron chi connectivity index (χ0n) is 22.8. The molecular weight excluding hydrogens is 547 g/mol. The average molecular weight is 568 g/mol. The van der Waals surface area contributed by atoms with Crippen molar-refractivity contribution in [3.8, 4) is 16.9 Å². The second kappa shape index (κ2) is 8.51. The van der Waals surface area contributed by atoms with Crippen LogP contribution in [0.5, 0.6) is 0 Å². The van der Waals surface area contributed by atoms with Gasteiger partial charge in [0.2, 0.25) is 0 Å². The lowest BCUT2D eigenvalue weighted by Crippen LogP contribution is -1.95. The minimum Gasteiger partial charge on any atom is -0.455 e. The van der Waals surface area contributed by atoms with E-state index in [0.717, 1.165) is 65.6 Å². The van der Waals surface area contributed by atoms with Crippen LogP contribution in [0.25, 0.3) is 91.9 Å². The molecule has 0 radical (unpaired) electrons. The number of benzene rings is 6. The van der Waals surface area contributed by atoms with E-state index >= 15 is 0 Å². The summed E-state index contributed by atoms with van der Waals surface area (Å²) in [4.78, 5) is 11.1.